The Hall–Kier alpha value is -2.16. The number of aryl methyl sites for hydroxylation is 2. The van der Waals surface area contributed by atoms with Crippen molar-refractivity contribution in [2.45, 2.75) is 13.8 Å². The van der Waals surface area contributed by atoms with Crippen LogP contribution < -0.4 is 5.32 Å². The van der Waals surface area contributed by atoms with Crippen molar-refractivity contribution in [1.82, 2.24) is 0 Å². The second-order valence-electron chi connectivity index (χ2n) is 4.30. The summed E-state index contributed by atoms with van der Waals surface area (Å²) in [6, 6.07) is 11.9. The lowest BCUT2D eigenvalue weighted by Crippen LogP contribution is -2.13. The SMILES string of the molecule is Cc1ccc(NC(=O)c2ccc(C)cc2F)cc1. The fourth-order valence-electron chi connectivity index (χ4n) is 1.64. The Morgan fingerprint density at radius 3 is 2.22 bits per heavy atom. The van der Waals surface area contributed by atoms with Crippen LogP contribution in [-0.2, 0) is 0 Å². The molecule has 3 heteroatoms. The van der Waals surface area contributed by atoms with Crippen molar-refractivity contribution in [1.29, 1.82) is 0 Å². The van der Waals surface area contributed by atoms with Gasteiger partial charge in [-0.2, -0.15) is 0 Å². The van der Waals surface area contributed by atoms with Crippen LogP contribution in [0.3, 0.4) is 0 Å². The number of halogens is 1. The van der Waals surface area contributed by atoms with E-state index in [-0.39, 0.29) is 5.56 Å². The number of carbonyl (C=O) groups excluding carboxylic acids is 1. The highest BCUT2D eigenvalue weighted by molar-refractivity contribution is 6.04. The van der Waals surface area contributed by atoms with E-state index in [0.29, 0.717) is 5.69 Å². The number of benzene rings is 2. The second-order valence-corrected chi connectivity index (χ2v) is 4.30. The molecule has 2 aromatic carbocycles. The van der Waals surface area contributed by atoms with Crippen LogP contribution in [0.2, 0.25) is 0 Å². The Morgan fingerprint density at radius 1 is 1.00 bits per heavy atom. The first-order valence-corrected chi connectivity index (χ1v) is 5.70. The van der Waals surface area contributed by atoms with Crippen molar-refractivity contribution >= 4 is 11.6 Å². The van der Waals surface area contributed by atoms with Gasteiger partial charge in [-0.3, -0.25) is 4.79 Å². The van der Waals surface area contributed by atoms with Gasteiger partial charge in [-0.05, 0) is 43.7 Å². The molecule has 0 aliphatic rings. The van der Waals surface area contributed by atoms with Gasteiger partial charge in [0.25, 0.3) is 5.91 Å². The first-order valence-electron chi connectivity index (χ1n) is 5.70. The molecule has 0 aromatic heterocycles. The predicted molar refractivity (Wildman–Crippen MR) is 70.3 cm³/mol. The summed E-state index contributed by atoms with van der Waals surface area (Å²) in [4.78, 5) is 11.9. The lowest BCUT2D eigenvalue weighted by molar-refractivity contribution is 0.102. The average Bonchev–Trinajstić information content (AvgIpc) is 2.32. The molecule has 2 rings (SSSR count). The van der Waals surface area contributed by atoms with Crippen molar-refractivity contribution < 1.29 is 9.18 Å². The van der Waals surface area contributed by atoms with Crippen LogP contribution in [0.15, 0.2) is 42.5 Å². The minimum absolute atomic E-state index is 0.0566. The van der Waals surface area contributed by atoms with Crippen LogP contribution in [0.4, 0.5) is 10.1 Å². The van der Waals surface area contributed by atoms with Gasteiger partial charge in [0.1, 0.15) is 5.82 Å². The Kier molecular flexibility index (Phi) is 3.42. The molecule has 0 radical (unpaired) electrons. The number of hydrogen-bond acceptors (Lipinski definition) is 1. The molecule has 0 aliphatic carbocycles. The molecule has 0 atom stereocenters. The molecule has 0 heterocycles. The number of nitrogens with one attached hydrogen (secondary N) is 1. The quantitative estimate of drug-likeness (QED) is 0.856. The van der Waals surface area contributed by atoms with Gasteiger partial charge in [-0.15, -0.1) is 0 Å². The molecule has 0 spiro atoms. The number of anilines is 1. The molecule has 0 bridgehead atoms. The van der Waals surface area contributed by atoms with E-state index in [0.717, 1.165) is 11.1 Å². The summed E-state index contributed by atoms with van der Waals surface area (Å²) in [6.07, 6.45) is 0. The summed E-state index contributed by atoms with van der Waals surface area (Å²) in [6.45, 7) is 3.75. The van der Waals surface area contributed by atoms with Crippen LogP contribution in [0.1, 0.15) is 21.5 Å². The van der Waals surface area contributed by atoms with E-state index in [2.05, 4.69) is 5.32 Å². The molecule has 2 nitrogen and oxygen atoms in total. The molecule has 0 unspecified atom stereocenters. The third kappa shape index (κ3) is 2.74. The van der Waals surface area contributed by atoms with E-state index in [1.807, 2.05) is 19.1 Å². The summed E-state index contributed by atoms with van der Waals surface area (Å²) in [7, 11) is 0. The van der Waals surface area contributed by atoms with Crippen LogP contribution >= 0.6 is 0 Å². The van der Waals surface area contributed by atoms with Gasteiger partial charge in [0.05, 0.1) is 5.56 Å². The van der Waals surface area contributed by atoms with E-state index >= 15 is 0 Å². The monoisotopic (exact) mass is 243 g/mol. The van der Waals surface area contributed by atoms with Crippen LogP contribution in [-0.4, -0.2) is 5.91 Å². The Bertz CT molecular complexity index is 576. The fraction of sp³-hybridized carbons (Fsp3) is 0.133. The number of hydrogen-bond donors (Lipinski definition) is 1. The van der Waals surface area contributed by atoms with Crippen LogP contribution in [0.25, 0.3) is 0 Å². The maximum Gasteiger partial charge on any atom is 0.258 e. The van der Waals surface area contributed by atoms with E-state index in [9.17, 15) is 9.18 Å². The van der Waals surface area contributed by atoms with E-state index in [4.69, 9.17) is 0 Å². The van der Waals surface area contributed by atoms with Crippen molar-refractivity contribution in [3.8, 4) is 0 Å². The van der Waals surface area contributed by atoms with Crippen LogP contribution in [0.5, 0.6) is 0 Å². The fourth-order valence-corrected chi connectivity index (χ4v) is 1.64. The lowest BCUT2D eigenvalue weighted by Gasteiger charge is -2.07. The summed E-state index contributed by atoms with van der Waals surface area (Å²) < 4.78 is 13.6. The maximum atomic E-state index is 13.6. The van der Waals surface area contributed by atoms with Crippen molar-refractivity contribution in [2.24, 2.45) is 0 Å². The van der Waals surface area contributed by atoms with Crippen molar-refractivity contribution in [3.05, 3.63) is 65.0 Å². The topological polar surface area (TPSA) is 29.1 Å². The number of rotatable bonds is 2. The maximum absolute atomic E-state index is 13.6. The van der Waals surface area contributed by atoms with Gasteiger partial charge in [0.2, 0.25) is 0 Å². The normalized spacial score (nSPS) is 10.2. The standard InChI is InChI=1S/C15H14FNO/c1-10-3-6-12(7-4-10)17-15(18)13-8-5-11(2)9-14(13)16/h3-9H,1-2H3,(H,17,18). The smallest absolute Gasteiger partial charge is 0.258 e. The zero-order valence-corrected chi connectivity index (χ0v) is 10.3. The molecule has 2 aromatic rings. The summed E-state index contributed by atoms with van der Waals surface area (Å²) in [5.74, 6) is -0.934. The van der Waals surface area contributed by atoms with Gasteiger partial charge in [0.15, 0.2) is 0 Å². The van der Waals surface area contributed by atoms with Crippen LogP contribution in [0, 0.1) is 19.7 Å². The molecule has 1 amide bonds. The second kappa shape index (κ2) is 5.00. The third-order valence-corrected chi connectivity index (χ3v) is 2.68. The zero-order chi connectivity index (χ0) is 13.1. The minimum atomic E-state index is -0.500. The van der Waals surface area contributed by atoms with Crippen molar-refractivity contribution in [3.63, 3.8) is 0 Å². The largest absolute Gasteiger partial charge is 0.322 e. The minimum Gasteiger partial charge on any atom is -0.322 e. The number of amides is 1. The van der Waals surface area contributed by atoms with E-state index in [1.165, 1.54) is 12.1 Å². The van der Waals surface area contributed by atoms with Gasteiger partial charge >= 0.3 is 0 Å². The predicted octanol–water partition coefficient (Wildman–Crippen LogP) is 3.69. The summed E-state index contributed by atoms with van der Waals surface area (Å²) in [5.41, 5.74) is 2.61. The highest BCUT2D eigenvalue weighted by atomic mass is 19.1. The Morgan fingerprint density at radius 2 is 1.61 bits per heavy atom. The Balaban J connectivity index is 2.19. The first-order chi connectivity index (χ1) is 8.56. The molecule has 18 heavy (non-hydrogen) atoms. The average molecular weight is 243 g/mol. The highest BCUT2D eigenvalue weighted by Gasteiger charge is 2.11. The summed E-state index contributed by atoms with van der Waals surface area (Å²) in [5, 5.41) is 2.67. The van der Waals surface area contributed by atoms with Gasteiger partial charge in [0, 0.05) is 5.69 Å². The molecular weight excluding hydrogens is 229 g/mol. The zero-order valence-electron chi connectivity index (χ0n) is 10.3. The first kappa shape index (κ1) is 12.3. The molecule has 0 fully saturated rings. The lowest BCUT2D eigenvalue weighted by atomic mass is 10.1. The molecule has 0 aliphatic heterocycles. The molecule has 0 saturated heterocycles. The van der Waals surface area contributed by atoms with E-state index < -0.39 is 11.7 Å². The highest BCUT2D eigenvalue weighted by Crippen LogP contribution is 2.14. The van der Waals surface area contributed by atoms with E-state index in [1.54, 1.807) is 25.1 Å². The van der Waals surface area contributed by atoms with Gasteiger partial charge < -0.3 is 5.32 Å². The Labute approximate surface area is 105 Å². The molecule has 0 saturated carbocycles. The van der Waals surface area contributed by atoms with Gasteiger partial charge in [-0.25, -0.2) is 4.39 Å². The van der Waals surface area contributed by atoms with Gasteiger partial charge in [-0.1, -0.05) is 23.8 Å². The molecular formula is C15H14FNO. The molecule has 92 valence electrons. The number of carbonyl (C=O) groups is 1. The summed E-state index contributed by atoms with van der Waals surface area (Å²) >= 11 is 0. The molecule has 1 N–H and O–H groups in total. The third-order valence-electron chi connectivity index (χ3n) is 2.68. The van der Waals surface area contributed by atoms with Crippen molar-refractivity contribution in [2.75, 3.05) is 5.32 Å².